The Balaban J connectivity index is 1.01. The van der Waals surface area contributed by atoms with E-state index in [2.05, 4.69) is 12.6 Å². The molecule has 7 nitrogen and oxygen atoms in total. The van der Waals surface area contributed by atoms with E-state index in [1.54, 1.807) is 11.0 Å². The van der Waals surface area contributed by atoms with Crippen molar-refractivity contribution in [2.45, 2.75) is 37.9 Å². The molecule has 0 spiro atoms. The minimum Gasteiger partial charge on any atom is -0.490 e. The lowest BCUT2D eigenvalue weighted by atomic mass is 10.0. The lowest BCUT2D eigenvalue weighted by molar-refractivity contribution is -0.128. The summed E-state index contributed by atoms with van der Waals surface area (Å²) in [6.07, 6.45) is 7.63. The fraction of sp³-hybridized carbons (Fsp3) is 0.244. The second-order valence-corrected chi connectivity index (χ2v) is 12.7. The highest BCUT2D eigenvalue weighted by atomic mass is 35.5. The number of amides is 2. The van der Waals surface area contributed by atoms with Crippen molar-refractivity contribution in [3.8, 4) is 39.8 Å². The van der Waals surface area contributed by atoms with Crippen LogP contribution < -0.4 is 9.47 Å². The lowest BCUT2D eigenvalue weighted by Crippen LogP contribution is -2.41. The summed E-state index contributed by atoms with van der Waals surface area (Å²) in [5.74, 6) is 1.18. The minimum atomic E-state index is -0.0676. The van der Waals surface area contributed by atoms with Crippen molar-refractivity contribution in [2.75, 3.05) is 26.2 Å². The number of halogens is 1. The molecule has 2 aliphatic rings. The van der Waals surface area contributed by atoms with Crippen LogP contribution in [0, 0.1) is 11.3 Å². The summed E-state index contributed by atoms with van der Waals surface area (Å²) >= 11 is 6.71. The van der Waals surface area contributed by atoms with Crippen molar-refractivity contribution in [1.29, 1.82) is 5.26 Å². The fourth-order valence-electron chi connectivity index (χ4n) is 6.31. The van der Waals surface area contributed by atoms with Gasteiger partial charge in [-0.1, -0.05) is 72.8 Å². The molecule has 2 fully saturated rings. The van der Waals surface area contributed by atoms with Crippen LogP contribution in [0.2, 0.25) is 5.02 Å². The van der Waals surface area contributed by atoms with E-state index in [1.807, 2.05) is 102 Å². The van der Waals surface area contributed by atoms with E-state index in [0.29, 0.717) is 61.1 Å². The number of ether oxygens (including phenoxy) is 2. The summed E-state index contributed by atoms with van der Waals surface area (Å²) < 4.78 is 12.4. The summed E-state index contributed by atoms with van der Waals surface area (Å²) in [6, 6.07) is 31.5. The third-order valence-corrected chi connectivity index (χ3v) is 9.35. The van der Waals surface area contributed by atoms with Gasteiger partial charge in [0.05, 0.1) is 10.6 Å². The second-order valence-electron chi connectivity index (χ2n) is 12.3. The number of hydrogen-bond acceptors (Lipinski definition) is 5. The Hall–Kier alpha value is -5.32. The normalized spacial score (nSPS) is 15.5. The van der Waals surface area contributed by atoms with Gasteiger partial charge in [0.1, 0.15) is 29.8 Å². The van der Waals surface area contributed by atoms with Crippen molar-refractivity contribution >= 4 is 29.5 Å². The summed E-state index contributed by atoms with van der Waals surface area (Å²) in [4.78, 5) is 28.6. The standard InChI is InChI=1S/C41H38ClN3O4/c1-2-40(46)44-21-17-34(18-22-44)48-36-13-14-37(38(42)27-36)32-10-6-7-29(25-32)11-16-41(47)45-23-19-35(20-24-45)49-39-15-12-31(26-33(39)28-43)30-8-4-3-5-9-30/h2-16,25-27,34-35H,1,17-24H2/b16-11+. The van der Waals surface area contributed by atoms with Gasteiger partial charge in [-0.15, -0.1) is 0 Å². The molecule has 2 heterocycles. The van der Waals surface area contributed by atoms with Gasteiger partial charge in [-0.25, -0.2) is 0 Å². The van der Waals surface area contributed by atoms with Gasteiger partial charge in [0.2, 0.25) is 11.8 Å². The molecule has 0 saturated carbocycles. The molecule has 4 aromatic rings. The zero-order valence-electron chi connectivity index (χ0n) is 27.3. The van der Waals surface area contributed by atoms with Crippen LogP contribution >= 0.6 is 11.6 Å². The molecule has 248 valence electrons. The van der Waals surface area contributed by atoms with Crippen LogP contribution in [0.4, 0.5) is 0 Å². The van der Waals surface area contributed by atoms with Crippen molar-refractivity contribution in [1.82, 2.24) is 9.80 Å². The number of rotatable bonds is 9. The molecular weight excluding hydrogens is 634 g/mol. The average molecular weight is 672 g/mol. The Bertz CT molecular complexity index is 1880. The van der Waals surface area contributed by atoms with Crippen molar-refractivity contribution in [2.24, 2.45) is 0 Å². The molecule has 6 rings (SSSR count). The number of likely N-dealkylation sites (tertiary alicyclic amines) is 2. The van der Waals surface area contributed by atoms with Crippen LogP contribution in [0.25, 0.3) is 28.3 Å². The molecule has 4 aromatic carbocycles. The van der Waals surface area contributed by atoms with Crippen LogP contribution in [-0.4, -0.2) is 60.0 Å². The van der Waals surface area contributed by atoms with Crippen LogP contribution in [0.1, 0.15) is 36.8 Å². The molecule has 0 aromatic heterocycles. The second kappa shape index (κ2) is 15.7. The Morgan fingerprint density at radius 3 is 2.10 bits per heavy atom. The van der Waals surface area contributed by atoms with Crippen LogP contribution in [-0.2, 0) is 9.59 Å². The summed E-state index contributed by atoms with van der Waals surface area (Å²) in [5, 5.41) is 10.3. The minimum absolute atomic E-state index is 0.0223. The van der Waals surface area contributed by atoms with Gasteiger partial charge >= 0.3 is 0 Å². The van der Waals surface area contributed by atoms with E-state index >= 15 is 0 Å². The van der Waals surface area contributed by atoms with Crippen molar-refractivity contribution in [3.05, 3.63) is 126 Å². The van der Waals surface area contributed by atoms with Gasteiger partial charge in [-0.3, -0.25) is 9.59 Å². The number of piperidine rings is 2. The molecule has 2 saturated heterocycles. The number of carbonyl (C=O) groups excluding carboxylic acids is 2. The van der Waals surface area contributed by atoms with Crippen molar-refractivity contribution < 1.29 is 19.1 Å². The quantitative estimate of drug-likeness (QED) is 0.168. The summed E-state index contributed by atoms with van der Waals surface area (Å²) in [7, 11) is 0. The highest BCUT2D eigenvalue weighted by Crippen LogP contribution is 2.33. The first-order chi connectivity index (χ1) is 23.9. The number of carbonyl (C=O) groups is 2. The van der Waals surface area contributed by atoms with Gasteiger partial charge in [0.15, 0.2) is 0 Å². The van der Waals surface area contributed by atoms with E-state index in [-0.39, 0.29) is 24.0 Å². The molecule has 2 amide bonds. The number of nitrogens with zero attached hydrogens (tertiary/aromatic N) is 3. The van der Waals surface area contributed by atoms with E-state index in [9.17, 15) is 14.9 Å². The maximum absolute atomic E-state index is 13.1. The highest BCUT2D eigenvalue weighted by molar-refractivity contribution is 6.33. The van der Waals surface area contributed by atoms with E-state index in [1.165, 1.54) is 6.08 Å². The van der Waals surface area contributed by atoms with Crippen molar-refractivity contribution in [3.63, 3.8) is 0 Å². The number of nitriles is 1. The number of benzene rings is 4. The van der Waals surface area contributed by atoms with E-state index in [0.717, 1.165) is 40.7 Å². The molecule has 0 bridgehead atoms. The van der Waals surface area contributed by atoms with Gasteiger partial charge in [0, 0.05) is 63.5 Å². The first kappa shape index (κ1) is 33.6. The fourth-order valence-corrected chi connectivity index (χ4v) is 6.59. The predicted octanol–water partition coefficient (Wildman–Crippen LogP) is 8.18. The lowest BCUT2D eigenvalue weighted by Gasteiger charge is -2.31. The monoisotopic (exact) mass is 671 g/mol. The first-order valence-corrected chi connectivity index (χ1v) is 17.0. The molecule has 0 atom stereocenters. The first-order valence-electron chi connectivity index (χ1n) is 16.6. The SMILES string of the molecule is C=CC(=O)N1CCC(Oc2ccc(-c3cccc(/C=C/C(=O)N4CCC(Oc5ccc(-c6ccccc6)cc5C#N)CC4)c3)c(Cl)c2)CC1. The van der Waals surface area contributed by atoms with Gasteiger partial charge in [0.25, 0.3) is 0 Å². The Labute approximate surface area is 292 Å². The van der Waals surface area contributed by atoms with E-state index < -0.39 is 0 Å². The van der Waals surface area contributed by atoms with Gasteiger partial charge in [-0.05, 0) is 70.8 Å². The topological polar surface area (TPSA) is 82.9 Å². The zero-order valence-corrected chi connectivity index (χ0v) is 28.0. The summed E-state index contributed by atoms with van der Waals surface area (Å²) in [5.41, 5.74) is 5.23. The molecule has 8 heteroatoms. The van der Waals surface area contributed by atoms with Crippen LogP contribution in [0.15, 0.2) is 110 Å². The largest absolute Gasteiger partial charge is 0.490 e. The average Bonchev–Trinajstić information content (AvgIpc) is 3.15. The number of hydrogen-bond donors (Lipinski definition) is 0. The smallest absolute Gasteiger partial charge is 0.246 e. The van der Waals surface area contributed by atoms with E-state index in [4.69, 9.17) is 21.1 Å². The molecule has 2 aliphatic heterocycles. The summed E-state index contributed by atoms with van der Waals surface area (Å²) in [6.45, 7) is 6.01. The zero-order chi connectivity index (χ0) is 34.2. The Morgan fingerprint density at radius 1 is 0.755 bits per heavy atom. The highest BCUT2D eigenvalue weighted by Gasteiger charge is 2.25. The predicted molar refractivity (Wildman–Crippen MR) is 193 cm³/mol. The molecule has 49 heavy (non-hydrogen) atoms. The molecule has 0 radical (unpaired) electrons. The Morgan fingerprint density at radius 2 is 1.43 bits per heavy atom. The van der Waals surface area contributed by atoms with Gasteiger partial charge in [-0.2, -0.15) is 5.26 Å². The molecule has 0 aliphatic carbocycles. The van der Waals surface area contributed by atoms with Gasteiger partial charge < -0.3 is 19.3 Å². The molecular formula is C41H38ClN3O4. The maximum atomic E-state index is 13.1. The maximum Gasteiger partial charge on any atom is 0.246 e. The Kier molecular flexibility index (Phi) is 10.8. The van der Waals surface area contributed by atoms with Crippen LogP contribution in [0.3, 0.4) is 0 Å². The third-order valence-electron chi connectivity index (χ3n) is 9.04. The molecule has 0 unspecified atom stereocenters. The molecule has 0 N–H and O–H groups in total. The third kappa shape index (κ3) is 8.40. The van der Waals surface area contributed by atoms with Crippen LogP contribution in [0.5, 0.6) is 11.5 Å².